The first-order chi connectivity index (χ1) is 21.3. The third kappa shape index (κ3) is 7.07. The van der Waals surface area contributed by atoms with Crippen molar-refractivity contribution in [2.75, 3.05) is 0 Å². The van der Waals surface area contributed by atoms with Crippen molar-refractivity contribution < 1.29 is 24.2 Å². The van der Waals surface area contributed by atoms with Gasteiger partial charge in [0.25, 0.3) is 0 Å². The summed E-state index contributed by atoms with van der Waals surface area (Å²) in [6.45, 7) is 0.0852. The van der Waals surface area contributed by atoms with Gasteiger partial charge in [0.2, 0.25) is 0 Å². The molecule has 1 saturated carbocycles. The van der Waals surface area contributed by atoms with Gasteiger partial charge in [0.05, 0.1) is 22.2 Å². The molecule has 46 heavy (non-hydrogen) atoms. The number of nitrogens with two attached hydrogens (primary N) is 1. The third-order valence-corrected chi connectivity index (χ3v) is 8.37. The Bertz CT molecular complexity index is 1890. The van der Waals surface area contributed by atoms with Crippen LogP contribution in [-0.2, 0) is 6.61 Å². The molecule has 1 aliphatic rings. The van der Waals surface area contributed by atoms with Crippen LogP contribution in [0, 0.1) is 5.82 Å². The van der Waals surface area contributed by atoms with Crippen LogP contribution in [0.3, 0.4) is 0 Å². The number of nitrogens with zero attached hydrogens (tertiary/aromatic N) is 3. The van der Waals surface area contributed by atoms with Crippen LogP contribution in [0.1, 0.15) is 59.6 Å². The summed E-state index contributed by atoms with van der Waals surface area (Å²) >= 11 is 6.08. The van der Waals surface area contributed by atoms with Crippen LogP contribution in [0.2, 0.25) is 5.02 Å². The summed E-state index contributed by atoms with van der Waals surface area (Å²) in [5.74, 6) is -0.798. The summed E-state index contributed by atoms with van der Waals surface area (Å²) < 4.78 is 24.0. The minimum atomic E-state index is -1.04. The van der Waals surface area contributed by atoms with Gasteiger partial charge < -0.3 is 25.4 Å². The molecular weight excluding hydrogens is 654 g/mol. The Morgan fingerprint density at radius 3 is 2.33 bits per heavy atom. The normalized spacial score (nSPS) is 13.6. The van der Waals surface area contributed by atoms with Gasteiger partial charge in [-0.15, -0.1) is 24.8 Å². The Balaban J connectivity index is 0.00000240. The molecule has 0 amide bonds. The number of oxime groups is 1. The summed E-state index contributed by atoms with van der Waals surface area (Å²) in [6.07, 6.45) is 5.19. The molecule has 1 aromatic heterocycles. The lowest BCUT2D eigenvalue weighted by atomic mass is 9.94. The molecule has 1 heterocycles. The lowest BCUT2D eigenvalue weighted by Gasteiger charge is -2.25. The van der Waals surface area contributed by atoms with Crippen molar-refractivity contribution in [2.45, 2.75) is 44.8 Å². The Kier molecular flexibility index (Phi) is 11.2. The Morgan fingerprint density at radius 1 is 0.957 bits per heavy atom. The maximum Gasteiger partial charge on any atom is 0.335 e. The third-order valence-electron chi connectivity index (χ3n) is 8.12. The molecule has 0 saturated heterocycles. The smallest absolute Gasteiger partial charge is 0.335 e. The number of benzene rings is 4. The van der Waals surface area contributed by atoms with Crippen LogP contribution in [0.4, 0.5) is 4.39 Å². The van der Waals surface area contributed by atoms with E-state index in [-0.39, 0.29) is 48.9 Å². The number of rotatable bonds is 8. The second-order valence-electron chi connectivity index (χ2n) is 10.9. The fourth-order valence-corrected chi connectivity index (χ4v) is 6.03. The molecule has 0 radical (unpaired) electrons. The van der Waals surface area contributed by atoms with Crippen LogP contribution >= 0.6 is 36.4 Å². The quantitative estimate of drug-likeness (QED) is 0.0649. The number of fused-ring (bicyclic) bond motifs is 1. The zero-order valence-electron chi connectivity index (χ0n) is 24.5. The van der Waals surface area contributed by atoms with Gasteiger partial charge >= 0.3 is 5.97 Å². The highest BCUT2D eigenvalue weighted by atomic mass is 35.5. The number of carbonyl (C=O) groups is 1. The van der Waals surface area contributed by atoms with Crippen molar-refractivity contribution in [2.24, 2.45) is 10.9 Å². The number of halogens is 4. The van der Waals surface area contributed by atoms with Crippen molar-refractivity contribution in [3.63, 3.8) is 0 Å². The minimum Gasteiger partial charge on any atom is -0.489 e. The van der Waals surface area contributed by atoms with Crippen LogP contribution in [0.15, 0.2) is 84.0 Å². The highest BCUT2D eigenvalue weighted by Gasteiger charge is 2.24. The monoisotopic (exact) mass is 684 g/mol. The van der Waals surface area contributed by atoms with Crippen molar-refractivity contribution in [3.8, 4) is 28.3 Å². The predicted molar refractivity (Wildman–Crippen MR) is 182 cm³/mol. The molecule has 8 nitrogen and oxygen atoms in total. The summed E-state index contributed by atoms with van der Waals surface area (Å²) in [5.41, 5.74) is 10.6. The molecule has 0 bridgehead atoms. The number of aromatic carboxylic acids is 1. The molecular formula is C34H32Cl3FN4O4. The van der Waals surface area contributed by atoms with Gasteiger partial charge in [0.1, 0.15) is 24.0 Å². The van der Waals surface area contributed by atoms with E-state index < -0.39 is 11.8 Å². The zero-order chi connectivity index (χ0) is 30.8. The molecule has 240 valence electrons. The average Bonchev–Trinajstić information content (AvgIpc) is 3.42. The van der Waals surface area contributed by atoms with E-state index in [2.05, 4.69) is 9.72 Å². The van der Waals surface area contributed by atoms with Gasteiger partial charge in [-0.1, -0.05) is 60.3 Å². The minimum absolute atomic E-state index is 0. The Hall–Kier alpha value is -4.31. The number of hydrogen-bond donors (Lipinski definition) is 3. The number of ether oxygens (including phenoxy) is 1. The molecule has 4 N–H and O–H groups in total. The molecule has 6 rings (SSSR count). The first kappa shape index (κ1) is 34.6. The highest BCUT2D eigenvalue weighted by molar-refractivity contribution is 6.30. The number of imidazole rings is 1. The molecule has 0 aliphatic heterocycles. The Morgan fingerprint density at radius 2 is 1.65 bits per heavy atom. The highest BCUT2D eigenvalue weighted by Crippen LogP contribution is 2.38. The largest absolute Gasteiger partial charge is 0.489 e. The van der Waals surface area contributed by atoms with Crippen LogP contribution in [-0.4, -0.2) is 31.7 Å². The number of amidine groups is 1. The van der Waals surface area contributed by atoms with Gasteiger partial charge in [0, 0.05) is 22.7 Å². The van der Waals surface area contributed by atoms with Crippen LogP contribution in [0.25, 0.3) is 33.5 Å². The zero-order valence-corrected chi connectivity index (χ0v) is 26.9. The van der Waals surface area contributed by atoms with Gasteiger partial charge in [-0.2, -0.15) is 0 Å². The first-order valence-corrected chi connectivity index (χ1v) is 14.7. The predicted octanol–water partition coefficient (Wildman–Crippen LogP) is 8.88. The summed E-state index contributed by atoms with van der Waals surface area (Å²) in [5, 5.41) is 22.4. The fourth-order valence-electron chi connectivity index (χ4n) is 5.90. The number of carboxylic acids is 1. The molecule has 0 atom stereocenters. The van der Waals surface area contributed by atoms with E-state index >= 15 is 4.39 Å². The van der Waals surface area contributed by atoms with Gasteiger partial charge in [-0.05, 0) is 78.1 Å². The Labute approximate surface area is 282 Å². The molecule has 1 aliphatic carbocycles. The average molecular weight is 686 g/mol. The van der Waals surface area contributed by atoms with Gasteiger partial charge in [-0.3, -0.25) is 0 Å². The van der Waals surface area contributed by atoms with Crippen LogP contribution < -0.4 is 10.5 Å². The molecule has 0 spiro atoms. The van der Waals surface area contributed by atoms with E-state index in [0.29, 0.717) is 33.2 Å². The lowest BCUT2D eigenvalue weighted by molar-refractivity contribution is 0.0697. The standard InChI is InChI=1S/C34H30ClFN4O4.2ClH/c35-24-10-6-20(7-11-24)27-13-8-21(32(37)39-43)16-23(27)19-44-26-12-14-28(29(36)18-26)33-38-30-17-22(34(41)42)9-15-31(30)40(33)25-4-2-1-3-5-25;;/h6-18,25,43H,1-5,19H2,(H2,37,39)(H,41,42);2*1H. The van der Waals surface area contributed by atoms with E-state index in [1.165, 1.54) is 12.1 Å². The summed E-state index contributed by atoms with van der Waals surface area (Å²) in [7, 11) is 0. The number of aromatic nitrogens is 2. The lowest BCUT2D eigenvalue weighted by Crippen LogP contribution is -2.14. The topological polar surface area (TPSA) is 123 Å². The van der Waals surface area contributed by atoms with E-state index in [9.17, 15) is 15.1 Å². The molecule has 1 fully saturated rings. The summed E-state index contributed by atoms with van der Waals surface area (Å²) in [4.78, 5) is 16.3. The SMILES string of the molecule is Cl.Cl.N/C(=N\O)c1ccc(-c2ccc(Cl)cc2)c(COc2ccc(-c3nc4cc(C(=O)O)ccc4n3C3CCCCC3)c(F)c2)c1. The molecule has 0 unspecified atom stereocenters. The molecule has 4 aromatic carbocycles. The number of hydrogen-bond acceptors (Lipinski definition) is 5. The molecule has 12 heteroatoms. The van der Waals surface area contributed by atoms with Crippen molar-refractivity contribution in [3.05, 3.63) is 106 Å². The van der Waals surface area contributed by atoms with E-state index in [4.69, 9.17) is 27.1 Å². The van der Waals surface area contributed by atoms with Crippen molar-refractivity contribution >= 4 is 59.3 Å². The van der Waals surface area contributed by atoms with E-state index in [1.807, 2.05) is 18.2 Å². The number of carboxylic acid groups (broad SMARTS) is 1. The van der Waals surface area contributed by atoms with Crippen molar-refractivity contribution in [1.82, 2.24) is 9.55 Å². The van der Waals surface area contributed by atoms with Gasteiger partial charge in [-0.25, -0.2) is 14.2 Å². The second kappa shape index (κ2) is 14.9. The first-order valence-electron chi connectivity index (χ1n) is 14.4. The van der Waals surface area contributed by atoms with Crippen LogP contribution in [0.5, 0.6) is 5.75 Å². The van der Waals surface area contributed by atoms with Crippen molar-refractivity contribution in [1.29, 1.82) is 0 Å². The second-order valence-corrected chi connectivity index (χ2v) is 11.3. The fraction of sp³-hybridized carbons (Fsp3) is 0.206. The summed E-state index contributed by atoms with van der Waals surface area (Å²) in [6, 6.07) is 22.4. The maximum atomic E-state index is 15.8. The van der Waals surface area contributed by atoms with Gasteiger partial charge in [0.15, 0.2) is 5.84 Å². The molecule has 5 aromatic rings. The van der Waals surface area contributed by atoms with E-state index in [1.54, 1.807) is 48.5 Å². The maximum absolute atomic E-state index is 15.8. The van der Waals surface area contributed by atoms with E-state index in [0.717, 1.165) is 54.3 Å².